The summed E-state index contributed by atoms with van der Waals surface area (Å²) in [5.74, 6) is -0.0895. The number of ether oxygens (including phenoxy) is 1. The molecule has 140 valence electrons. The van der Waals surface area contributed by atoms with Gasteiger partial charge in [-0.05, 0) is 39.0 Å². The van der Waals surface area contributed by atoms with Crippen molar-refractivity contribution in [2.75, 3.05) is 24.6 Å². The van der Waals surface area contributed by atoms with Crippen molar-refractivity contribution in [3.63, 3.8) is 0 Å². The van der Waals surface area contributed by atoms with E-state index in [0.29, 0.717) is 37.4 Å². The maximum absolute atomic E-state index is 12.7. The number of nitrogens with zero attached hydrogens (tertiary/aromatic N) is 4. The van der Waals surface area contributed by atoms with Crippen LogP contribution in [0, 0.1) is 6.92 Å². The van der Waals surface area contributed by atoms with Crippen LogP contribution in [-0.2, 0) is 10.9 Å². The summed E-state index contributed by atoms with van der Waals surface area (Å²) in [6.07, 6.45) is -4.53. The van der Waals surface area contributed by atoms with Crippen molar-refractivity contribution in [1.29, 1.82) is 0 Å². The number of aryl methyl sites for hydroxylation is 1. The Labute approximate surface area is 148 Å². The van der Waals surface area contributed by atoms with Crippen molar-refractivity contribution in [2.45, 2.75) is 32.5 Å². The van der Waals surface area contributed by atoms with E-state index in [9.17, 15) is 18.3 Å². The summed E-state index contributed by atoms with van der Waals surface area (Å²) >= 11 is 0. The molecule has 1 aliphatic heterocycles. The molecule has 2 heterocycles. The quantitative estimate of drug-likeness (QED) is 0.878. The normalized spacial score (nSPS) is 17.4. The van der Waals surface area contributed by atoms with Crippen LogP contribution in [0.25, 0.3) is 11.3 Å². The average Bonchev–Trinajstić information content (AvgIpc) is 2.53. The lowest BCUT2D eigenvalue weighted by Crippen LogP contribution is -2.49. The molecule has 1 saturated heterocycles. The maximum Gasteiger partial charge on any atom is 0.416 e. The predicted molar refractivity (Wildman–Crippen MR) is 88.9 cm³/mol. The lowest BCUT2D eigenvalue weighted by Gasteiger charge is -2.37. The summed E-state index contributed by atoms with van der Waals surface area (Å²) in [4.78, 5) is 6.36. The molecule has 9 heteroatoms. The number of alkyl halides is 3. The van der Waals surface area contributed by atoms with Crippen LogP contribution in [0.1, 0.15) is 25.1 Å². The third-order valence-electron chi connectivity index (χ3n) is 4.14. The topological polar surface area (TPSA) is 71.4 Å². The highest BCUT2D eigenvalue weighted by Crippen LogP contribution is 2.36. The first kappa shape index (κ1) is 18.4. The van der Waals surface area contributed by atoms with Gasteiger partial charge in [-0.3, -0.25) is 0 Å². The lowest BCUT2D eigenvalue weighted by atomic mass is 10.1. The first-order valence-electron chi connectivity index (χ1n) is 8.08. The van der Waals surface area contributed by atoms with Gasteiger partial charge in [-0.2, -0.15) is 13.2 Å². The molecule has 6 nitrogen and oxygen atoms in total. The van der Waals surface area contributed by atoms with Crippen molar-refractivity contribution in [3.05, 3.63) is 29.5 Å². The highest BCUT2D eigenvalue weighted by Gasteiger charge is 2.32. The Kier molecular flexibility index (Phi) is 4.51. The Morgan fingerprint density at radius 2 is 1.96 bits per heavy atom. The Balaban J connectivity index is 1.91. The molecule has 0 unspecified atom stereocenters. The Bertz CT molecular complexity index is 824. The van der Waals surface area contributed by atoms with Crippen LogP contribution in [0.15, 0.2) is 18.2 Å². The fourth-order valence-corrected chi connectivity index (χ4v) is 2.87. The van der Waals surface area contributed by atoms with E-state index in [1.54, 1.807) is 6.92 Å². The van der Waals surface area contributed by atoms with Gasteiger partial charge in [0.25, 0.3) is 0 Å². The second kappa shape index (κ2) is 6.39. The molecular formula is C17H19F3N4O2. The van der Waals surface area contributed by atoms with Crippen molar-refractivity contribution in [2.24, 2.45) is 0 Å². The minimum absolute atomic E-state index is 0.157. The minimum Gasteiger partial charge on any atom is -0.507 e. The van der Waals surface area contributed by atoms with Crippen LogP contribution in [0.3, 0.4) is 0 Å². The van der Waals surface area contributed by atoms with Gasteiger partial charge in [0.15, 0.2) is 0 Å². The van der Waals surface area contributed by atoms with Gasteiger partial charge >= 0.3 is 6.18 Å². The molecule has 0 saturated carbocycles. The number of benzene rings is 1. The summed E-state index contributed by atoms with van der Waals surface area (Å²) in [7, 11) is 0. The molecule has 1 fully saturated rings. The Morgan fingerprint density at radius 3 is 2.54 bits per heavy atom. The van der Waals surface area contributed by atoms with Crippen molar-refractivity contribution in [3.8, 4) is 17.0 Å². The summed E-state index contributed by atoms with van der Waals surface area (Å²) < 4.78 is 43.9. The maximum atomic E-state index is 12.7. The minimum atomic E-state index is -4.53. The van der Waals surface area contributed by atoms with E-state index in [1.165, 1.54) is 6.07 Å². The van der Waals surface area contributed by atoms with Gasteiger partial charge in [0, 0.05) is 18.7 Å². The summed E-state index contributed by atoms with van der Waals surface area (Å²) in [6.45, 7) is 7.36. The zero-order chi connectivity index (χ0) is 19.1. The molecule has 1 aliphatic rings. The molecule has 0 amide bonds. The molecule has 3 rings (SSSR count). The van der Waals surface area contributed by atoms with Crippen LogP contribution >= 0.6 is 0 Å². The fourth-order valence-electron chi connectivity index (χ4n) is 2.87. The SMILES string of the molecule is Cc1nc(N2CCOC(C)(C)C2)nnc1-c1ccc(C(F)(F)F)cc1O. The number of phenols is 1. The molecular weight excluding hydrogens is 349 g/mol. The molecule has 0 atom stereocenters. The fraction of sp³-hybridized carbons (Fsp3) is 0.471. The first-order valence-corrected chi connectivity index (χ1v) is 8.08. The van der Waals surface area contributed by atoms with Gasteiger partial charge in [-0.25, -0.2) is 4.98 Å². The van der Waals surface area contributed by atoms with Crippen LogP contribution in [0.5, 0.6) is 5.75 Å². The number of aromatic hydroxyl groups is 1. The monoisotopic (exact) mass is 368 g/mol. The standard InChI is InChI=1S/C17H19F3N4O2/c1-10-14(12-5-4-11(8-13(12)25)17(18,19)20)22-23-15(21-10)24-6-7-26-16(2,3)9-24/h4-5,8,25H,6-7,9H2,1-3H3. The van der Waals surface area contributed by atoms with Gasteiger partial charge in [0.05, 0.1) is 23.5 Å². The number of halogens is 3. The zero-order valence-electron chi connectivity index (χ0n) is 14.6. The molecule has 2 aromatic rings. The van der Waals surface area contributed by atoms with Crippen LogP contribution in [-0.4, -0.2) is 45.6 Å². The number of aromatic nitrogens is 3. The van der Waals surface area contributed by atoms with E-state index in [4.69, 9.17) is 4.74 Å². The van der Waals surface area contributed by atoms with Crippen LogP contribution in [0.2, 0.25) is 0 Å². The summed E-state index contributed by atoms with van der Waals surface area (Å²) in [5, 5.41) is 18.2. The third kappa shape index (κ3) is 3.72. The van der Waals surface area contributed by atoms with E-state index in [2.05, 4.69) is 15.2 Å². The molecule has 0 bridgehead atoms. The Morgan fingerprint density at radius 1 is 1.23 bits per heavy atom. The molecule has 26 heavy (non-hydrogen) atoms. The predicted octanol–water partition coefficient (Wildman–Crippen LogP) is 3.19. The summed E-state index contributed by atoms with van der Waals surface area (Å²) in [6, 6.07) is 2.75. The van der Waals surface area contributed by atoms with E-state index in [0.717, 1.165) is 6.07 Å². The number of rotatable bonds is 2. The van der Waals surface area contributed by atoms with E-state index in [-0.39, 0.29) is 16.9 Å². The van der Waals surface area contributed by atoms with Gasteiger partial charge in [0.1, 0.15) is 11.4 Å². The van der Waals surface area contributed by atoms with E-state index < -0.39 is 17.5 Å². The highest BCUT2D eigenvalue weighted by atomic mass is 19.4. The van der Waals surface area contributed by atoms with Gasteiger partial charge < -0.3 is 14.7 Å². The number of hydrogen-bond donors (Lipinski definition) is 1. The van der Waals surface area contributed by atoms with Gasteiger partial charge in [0.2, 0.25) is 5.95 Å². The van der Waals surface area contributed by atoms with E-state index in [1.807, 2.05) is 18.7 Å². The van der Waals surface area contributed by atoms with Crippen molar-refractivity contribution in [1.82, 2.24) is 15.2 Å². The van der Waals surface area contributed by atoms with Crippen LogP contribution in [0.4, 0.5) is 19.1 Å². The second-order valence-electron chi connectivity index (χ2n) is 6.81. The molecule has 0 radical (unpaired) electrons. The molecule has 0 aliphatic carbocycles. The molecule has 1 aromatic carbocycles. The number of phenolic OH excluding ortho intramolecular Hbond substituents is 1. The first-order chi connectivity index (χ1) is 12.1. The molecule has 1 N–H and O–H groups in total. The highest BCUT2D eigenvalue weighted by molar-refractivity contribution is 5.69. The lowest BCUT2D eigenvalue weighted by molar-refractivity contribution is -0.137. The largest absolute Gasteiger partial charge is 0.507 e. The van der Waals surface area contributed by atoms with Gasteiger partial charge in [-0.15, -0.1) is 10.2 Å². The van der Waals surface area contributed by atoms with E-state index >= 15 is 0 Å². The Hall–Kier alpha value is -2.42. The smallest absolute Gasteiger partial charge is 0.416 e. The summed E-state index contributed by atoms with van der Waals surface area (Å²) in [5.41, 5.74) is -0.393. The van der Waals surface area contributed by atoms with Crippen LogP contribution < -0.4 is 4.90 Å². The second-order valence-corrected chi connectivity index (χ2v) is 6.81. The van der Waals surface area contributed by atoms with Crippen molar-refractivity contribution >= 4 is 5.95 Å². The average molecular weight is 368 g/mol. The number of morpholine rings is 1. The molecule has 0 spiro atoms. The van der Waals surface area contributed by atoms with Crippen molar-refractivity contribution < 1.29 is 23.0 Å². The number of anilines is 1. The number of hydrogen-bond acceptors (Lipinski definition) is 6. The molecule has 1 aromatic heterocycles. The zero-order valence-corrected chi connectivity index (χ0v) is 14.6. The van der Waals surface area contributed by atoms with Gasteiger partial charge in [-0.1, -0.05) is 0 Å². The third-order valence-corrected chi connectivity index (χ3v) is 4.14.